The van der Waals surface area contributed by atoms with Crippen molar-refractivity contribution in [3.63, 3.8) is 0 Å². The first-order valence-corrected chi connectivity index (χ1v) is 15.2. The van der Waals surface area contributed by atoms with Crippen molar-refractivity contribution in [1.29, 1.82) is 0 Å². The van der Waals surface area contributed by atoms with Gasteiger partial charge in [0.1, 0.15) is 5.75 Å². The van der Waals surface area contributed by atoms with Crippen molar-refractivity contribution in [2.24, 2.45) is 22.2 Å². The fraction of sp³-hybridized carbons (Fsp3) is 0.577. The molecule has 1 aromatic rings. The number of carbonyl (C=O) groups excluding carboxylic acids is 3. The van der Waals surface area contributed by atoms with Gasteiger partial charge >= 0.3 is 11.9 Å². The fourth-order valence-electron chi connectivity index (χ4n) is 5.00. The van der Waals surface area contributed by atoms with Gasteiger partial charge in [-0.2, -0.15) is 0 Å². The Morgan fingerprint density at radius 3 is 2.27 bits per heavy atom. The molecule has 1 saturated carbocycles. The highest BCUT2D eigenvalue weighted by atomic mass is 32.2. The lowest BCUT2D eigenvalue weighted by Crippen LogP contribution is -2.66. The first-order valence-electron chi connectivity index (χ1n) is 13.3. The third-order valence-corrected chi connectivity index (χ3v) is 8.71. The quantitative estimate of drug-likeness (QED) is 0.0611. The number of carboxylic acids is 1. The molecule has 1 fully saturated rings. The summed E-state index contributed by atoms with van der Waals surface area (Å²) in [5, 5.41) is 12.8. The average Bonchev–Trinajstić information content (AvgIpc) is 2.89. The van der Waals surface area contributed by atoms with Crippen molar-refractivity contribution < 1.29 is 37.4 Å². The number of aliphatic carboxylic acids is 1. The number of nitrogens with two attached hydrogens (primary N) is 3. The van der Waals surface area contributed by atoms with E-state index >= 15 is 0 Å². The third-order valence-electron chi connectivity index (χ3n) is 6.90. The van der Waals surface area contributed by atoms with E-state index in [0.29, 0.717) is 37.0 Å². The topological polar surface area (TPSA) is 238 Å². The van der Waals surface area contributed by atoms with Crippen LogP contribution in [0.3, 0.4) is 0 Å². The molecule has 1 aliphatic carbocycles. The van der Waals surface area contributed by atoms with Gasteiger partial charge in [-0.1, -0.05) is 31.4 Å². The minimum absolute atomic E-state index is 0.0265. The van der Waals surface area contributed by atoms with E-state index in [1.165, 1.54) is 6.92 Å². The molecule has 8 N–H and O–H groups in total. The smallest absolute Gasteiger partial charge is 0.345 e. The Hall–Kier alpha value is -3.72. The molecule has 1 aliphatic rings. The third kappa shape index (κ3) is 9.14. The molecule has 2 atom stereocenters. The molecule has 0 radical (unpaired) electrons. The zero-order valence-electron chi connectivity index (χ0n) is 23.4. The van der Waals surface area contributed by atoms with Crippen LogP contribution in [0.4, 0.5) is 0 Å². The Morgan fingerprint density at radius 2 is 1.76 bits per heavy atom. The predicted molar refractivity (Wildman–Crippen MR) is 151 cm³/mol. The van der Waals surface area contributed by atoms with E-state index in [1.807, 2.05) is 0 Å². The number of guanidine groups is 1. The number of sulfone groups is 1. The summed E-state index contributed by atoms with van der Waals surface area (Å²) < 4.78 is 31.3. The zero-order valence-corrected chi connectivity index (χ0v) is 24.2. The van der Waals surface area contributed by atoms with E-state index in [0.717, 1.165) is 17.6 Å². The first kappa shape index (κ1) is 33.5. The highest BCUT2D eigenvalue weighted by Crippen LogP contribution is 2.35. The van der Waals surface area contributed by atoms with E-state index in [1.54, 1.807) is 24.3 Å². The summed E-state index contributed by atoms with van der Waals surface area (Å²) >= 11 is 0. The van der Waals surface area contributed by atoms with Gasteiger partial charge in [0.25, 0.3) is 0 Å². The number of carbonyl (C=O) groups is 4. The molecule has 15 heteroatoms. The van der Waals surface area contributed by atoms with Crippen LogP contribution < -0.4 is 27.3 Å². The fourth-order valence-corrected chi connectivity index (χ4v) is 6.44. The normalized spacial score (nSPS) is 16.1. The molecular weight excluding hydrogens is 556 g/mol. The molecule has 0 spiro atoms. The van der Waals surface area contributed by atoms with E-state index in [9.17, 15) is 32.7 Å². The zero-order chi connectivity index (χ0) is 30.8. The van der Waals surface area contributed by atoms with Crippen molar-refractivity contribution in [2.75, 3.05) is 19.3 Å². The van der Waals surface area contributed by atoms with Crippen LogP contribution in [0.15, 0.2) is 29.3 Å². The Balaban J connectivity index is 2.25. The van der Waals surface area contributed by atoms with Gasteiger partial charge in [-0.05, 0) is 49.8 Å². The number of ether oxygens (including phenoxy) is 1. The van der Waals surface area contributed by atoms with E-state index in [4.69, 9.17) is 21.9 Å². The minimum Gasteiger partial charge on any atom is -0.479 e. The molecule has 228 valence electrons. The Bertz CT molecular complexity index is 1230. The number of benzene rings is 1. The molecule has 0 bridgehead atoms. The minimum atomic E-state index is -4.40. The van der Waals surface area contributed by atoms with Gasteiger partial charge < -0.3 is 37.3 Å². The number of nitrogens with zero attached hydrogens (tertiary/aromatic N) is 2. The van der Waals surface area contributed by atoms with Crippen LogP contribution in [0.1, 0.15) is 57.4 Å². The van der Waals surface area contributed by atoms with Crippen LogP contribution in [0.25, 0.3) is 0 Å². The molecule has 0 aromatic heterocycles. The van der Waals surface area contributed by atoms with Crippen LogP contribution in [0.5, 0.6) is 5.75 Å². The predicted octanol–water partition coefficient (Wildman–Crippen LogP) is -0.362. The van der Waals surface area contributed by atoms with Crippen LogP contribution >= 0.6 is 0 Å². The largest absolute Gasteiger partial charge is 0.479 e. The summed E-state index contributed by atoms with van der Waals surface area (Å²) in [5.41, 5.74) is 17.4. The summed E-state index contributed by atoms with van der Waals surface area (Å²) in [5.74, 6) is -3.60. The number of rotatable bonds is 14. The number of carboxylic acid groups (broad SMARTS) is 1. The van der Waals surface area contributed by atoms with Gasteiger partial charge in [-0.3, -0.25) is 19.4 Å². The van der Waals surface area contributed by atoms with Crippen molar-refractivity contribution in [2.45, 2.75) is 75.2 Å². The molecule has 2 rings (SSSR count). The molecule has 0 unspecified atom stereocenters. The molecular formula is C26H40N6O8S. The highest BCUT2D eigenvalue weighted by Gasteiger charge is 2.57. The summed E-state index contributed by atoms with van der Waals surface area (Å²) in [6.45, 7) is 0.591. The Kier molecular flexibility index (Phi) is 12.1. The van der Waals surface area contributed by atoms with Crippen LogP contribution in [-0.2, 0) is 35.4 Å². The molecule has 0 heterocycles. The lowest BCUT2D eigenvalue weighted by atomic mass is 9.92. The van der Waals surface area contributed by atoms with Crippen LogP contribution in [0.2, 0.25) is 0 Å². The lowest BCUT2D eigenvalue weighted by molar-refractivity contribution is -0.156. The van der Waals surface area contributed by atoms with E-state index in [2.05, 4.69) is 10.3 Å². The number of hydrogen-bond acceptors (Lipinski definition) is 9. The maximum absolute atomic E-state index is 13.6. The maximum Gasteiger partial charge on any atom is 0.345 e. The summed E-state index contributed by atoms with van der Waals surface area (Å²) in [4.78, 5) is 52.4. The monoisotopic (exact) mass is 596 g/mol. The van der Waals surface area contributed by atoms with Gasteiger partial charge in [-0.25, -0.2) is 13.2 Å². The van der Waals surface area contributed by atoms with E-state index < -0.39 is 63.5 Å². The molecule has 0 saturated heterocycles. The summed E-state index contributed by atoms with van der Waals surface area (Å²) in [6.07, 6.45) is 3.49. The number of aliphatic imine (C=N–C) groups is 1. The molecule has 41 heavy (non-hydrogen) atoms. The second kappa shape index (κ2) is 14.8. The van der Waals surface area contributed by atoms with Gasteiger partial charge in [0.2, 0.25) is 16.7 Å². The van der Waals surface area contributed by atoms with Gasteiger partial charge in [0.15, 0.2) is 15.8 Å². The molecule has 14 nitrogen and oxygen atoms in total. The van der Waals surface area contributed by atoms with E-state index in [-0.39, 0.29) is 25.3 Å². The average molecular weight is 597 g/mol. The van der Waals surface area contributed by atoms with Gasteiger partial charge in [0, 0.05) is 25.8 Å². The molecule has 2 amide bonds. The Morgan fingerprint density at radius 1 is 1.15 bits per heavy atom. The molecule has 1 aromatic carbocycles. The number of amides is 2. The summed E-state index contributed by atoms with van der Waals surface area (Å²) in [6, 6.07) is 4.65. The highest BCUT2D eigenvalue weighted by molar-refractivity contribution is 7.92. The second-order valence-electron chi connectivity index (χ2n) is 10.1. The second-order valence-corrected chi connectivity index (χ2v) is 12.3. The van der Waals surface area contributed by atoms with Crippen molar-refractivity contribution in [3.8, 4) is 5.75 Å². The van der Waals surface area contributed by atoms with Crippen molar-refractivity contribution in [1.82, 2.24) is 10.2 Å². The SMILES string of the molecule is CC(=O)Oc1ccc(C[C@H](N)C(=O)NCC(=O)N(C2CCCCC2)[C@@](CCCN=C(N)N)(C(=O)O)S(C)(=O)=O)cc1. The number of esters is 1. The van der Waals surface area contributed by atoms with Crippen molar-refractivity contribution in [3.05, 3.63) is 29.8 Å². The maximum atomic E-state index is 13.6. The number of hydrogen-bond donors (Lipinski definition) is 5. The number of nitrogens with one attached hydrogen (secondary N) is 1. The van der Waals surface area contributed by atoms with Gasteiger partial charge in [0.05, 0.1) is 12.6 Å². The lowest BCUT2D eigenvalue weighted by Gasteiger charge is -2.45. The Labute approximate surface area is 239 Å². The van der Waals surface area contributed by atoms with Gasteiger partial charge in [-0.15, -0.1) is 0 Å². The first-order chi connectivity index (χ1) is 19.2. The van der Waals surface area contributed by atoms with Crippen LogP contribution in [0, 0.1) is 0 Å². The van der Waals surface area contributed by atoms with Crippen molar-refractivity contribution >= 4 is 39.5 Å². The summed E-state index contributed by atoms with van der Waals surface area (Å²) in [7, 11) is -4.40. The van der Waals surface area contributed by atoms with Crippen LogP contribution in [-0.4, -0.2) is 84.4 Å². The molecule has 0 aliphatic heterocycles. The standard InChI is InChI=1S/C26H40N6O8S/c1-17(33)40-20-11-9-18(10-12-20)15-21(27)23(35)31-16-22(34)32(19-7-4-3-5-8-19)26(24(36)37,41(2,38)39)13-6-14-30-25(28)29/h9-12,19,21H,3-8,13-16,27H2,1-2H3,(H,31,35)(H,36,37)(H4,28,29,30)/t21-,26+/m0/s1.